The molecule has 6 heteroatoms. The Bertz CT molecular complexity index is 900. The highest BCUT2D eigenvalue weighted by atomic mass is 16.5. The molecule has 1 N–H and O–H groups in total. The SMILES string of the molecule is COCCCN1C(=O)c2cc3ccccc3n2C[C@]1(C)C(=O)NC1CCCCC1. The molecule has 0 bridgehead atoms. The summed E-state index contributed by atoms with van der Waals surface area (Å²) in [5.41, 5.74) is 0.743. The lowest BCUT2D eigenvalue weighted by Gasteiger charge is -2.45. The number of carbonyl (C=O) groups is 2. The number of ether oxygens (including phenoxy) is 1. The Kier molecular flexibility index (Phi) is 5.63. The second-order valence-electron chi connectivity index (χ2n) is 8.56. The Morgan fingerprint density at radius 1 is 1.24 bits per heavy atom. The molecule has 0 radical (unpaired) electrons. The van der Waals surface area contributed by atoms with Crippen LogP contribution >= 0.6 is 0 Å². The number of carbonyl (C=O) groups excluding carboxylic acids is 2. The van der Waals surface area contributed by atoms with Crippen LogP contribution in [0.25, 0.3) is 10.9 Å². The van der Waals surface area contributed by atoms with Gasteiger partial charge < -0.3 is 19.5 Å². The molecule has 1 saturated carbocycles. The van der Waals surface area contributed by atoms with E-state index in [9.17, 15) is 9.59 Å². The number of nitrogens with zero attached hydrogens (tertiary/aromatic N) is 2. The zero-order chi connectivity index (χ0) is 20.4. The van der Waals surface area contributed by atoms with Gasteiger partial charge in [-0.2, -0.15) is 0 Å². The lowest BCUT2D eigenvalue weighted by Crippen LogP contribution is -2.65. The molecule has 2 amide bonds. The summed E-state index contributed by atoms with van der Waals surface area (Å²) in [6.07, 6.45) is 6.31. The molecule has 1 fully saturated rings. The van der Waals surface area contributed by atoms with Gasteiger partial charge in [0.25, 0.3) is 5.91 Å². The van der Waals surface area contributed by atoms with Crippen LogP contribution in [0.15, 0.2) is 30.3 Å². The summed E-state index contributed by atoms with van der Waals surface area (Å²) in [6.45, 7) is 3.44. The van der Waals surface area contributed by atoms with Gasteiger partial charge in [0.15, 0.2) is 0 Å². The van der Waals surface area contributed by atoms with Crippen LogP contribution in [0.1, 0.15) is 55.9 Å². The number of methoxy groups -OCH3 is 1. The smallest absolute Gasteiger partial charge is 0.271 e. The Morgan fingerprint density at radius 3 is 2.76 bits per heavy atom. The lowest BCUT2D eigenvalue weighted by atomic mass is 9.91. The van der Waals surface area contributed by atoms with Gasteiger partial charge >= 0.3 is 0 Å². The fourth-order valence-electron chi connectivity index (χ4n) is 4.81. The molecule has 0 unspecified atom stereocenters. The minimum Gasteiger partial charge on any atom is -0.385 e. The zero-order valence-electron chi connectivity index (χ0n) is 17.4. The van der Waals surface area contributed by atoms with E-state index in [1.54, 1.807) is 12.0 Å². The molecule has 29 heavy (non-hydrogen) atoms. The van der Waals surface area contributed by atoms with E-state index in [1.165, 1.54) is 6.42 Å². The van der Waals surface area contributed by atoms with E-state index in [2.05, 4.69) is 5.32 Å². The number of amides is 2. The van der Waals surface area contributed by atoms with Crippen molar-refractivity contribution in [3.8, 4) is 0 Å². The van der Waals surface area contributed by atoms with Gasteiger partial charge in [-0.15, -0.1) is 0 Å². The van der Waals surface area contributed by atoms with E-state index in [4.69, 9.17) is 4.74 Å². The molecule has 2 aromatic rings. The summed E-state index contributed by atoms with van der Waals surface area (Å²) in [4.78, 5) is 28.7. The molecule has 2 heterocycles. The summed E-state index contributed by atoms with van der Waals surface area (Å²) >= 11 is 0. The molecule has 1 aliphatic heterocycles. The molecule has 2 aliphatic rings. The van der Waals surface area contributed by atoms with Crippen molar-refractivity contribution in [3.05, 3.63) is 36.0 Å². The number of rotatable bonds is 6. The number of fused-ring (bicyclic) bond motifs is 3. The Hall–Kier alpha value is -2.34. The topological polar surface area (TPSA) is 63.6 Å². The van der Waals surface area contributed by atoms with Crippen LogP contribution in [0.4, 0.5) is 0 Å². The van der Waals surface area contributed by atoms with Gasteiger partial charge in [0.05, 0.1) is 6.54 Å². The first-order chi connectivity index (χ1) is 14.0. The van der Waals surface area contributed by atoms with Crippen LogP contribution in [0, 0.1) is 0 Å². The highest BCUT2D eigenvalue weighted by Gasteiger charge is 2.47. The van der Waals surface area contributed by atoms with Gasteiger partial charge in [-0.3, -0.25) is 9.59 Å². The predicted octanol–water partition coefficient (Wildman–Crippen LogP) is 3.34. The largest absolute Gasteiger partial charge is 0.385 e. The van der Waals surface area contributed by atoms with Crippen LogP contribution in [0.2, 0.25) is 0 Å². The zero-order valence-corrected chi connectivity index (χ0v) is 17.4. The maximum Gasteiger partial charge on any atom is 0.271 e. The summed E-state index contributed by atoms with van der Waals surface area (Å²) in [6, 6.07) is 10.1. The van der Waals surface area contributed by atoms with E-state index < -0.39 is 5.54 Å². The third kappa shape index (κ3) is 3.66. The Balaban J connectivity index is 1.68. The summed E-state index contributed by atoms with van der Waals surface area (Å²) in [5.74, 6) is -0.122. The highest BCUT2D eigenvalue weighted by molar-refractivity contribution is 6.03. The highest BCUT2D eigenvalue weighted by Crippen LogP contribution is 2.33. The van der Waals surface area contributed by atoms with E-state index in [-0.39, 0.29) is 17.9 Å². The number of para-hydroxylation sites is 1. The number of hydrogen-bond acceptors (Lipinski definition) is 3. The number of nitrogens with one attached hydrogen (secondary N) is 1. The van der Waals surface area contributed by atoms with Crippen molar-refractivity contribution in [2.75, 3.05) is 20.3 Å². The molecule has 0 saturated heterocycles. The first-order valence-electron chi connectivity index (χ1n) is 10.7. The van der Waals surface area contributed by atoms with Crippen molar-refractivity contribution in [2.24, 2.45) is 0 Å². The monoisotopic (exact) mass is 397 g/mol. The van der Waals surface area contributed by atoms with Crippen LogP contribution in [0.5, 0.6) is 0 Å². The van der Waals surface area contributed by atoms with Crippen LogP contribution in [-0.2, 0) is 16.1 Å². The number of benzene rings is 1. The second kappa shape index (κ2) is 8.19. The minimum atomic E-state index is -0.920. The molecule has 1 aromatic carbocycles. The standard InChI is InChI=1S/C23H31N3O3/c1-23(22(28)24-18-10-4-3-5-11-18)16-25-19-12-7-6-9-17(19)15-20(25)21(27)26(23)13-8-14-29-2/h6-7,9,12,15,18H,3-5,8,10-11,13-14,16H2,1-2H3,(H,24,28)/t23-/m1/s1. The van der Waals surface area contributed by atoms with Gasteiger partial charge in [0.1, 0.15) is 11.2 Å². The Labute approximate surface area is 172 Å². The molecule has 6 nitrogen and oxygen atoms in total. The molecule has 1 atom stereocenters. The maximum atomic E-state index is 13.5. The number of hydrogen-bond donors (Lipinski definition) is 1. The van der Waals surface area contributed by atoms with Crippen LogP contribution in [0.3, 0.4) is 0 Å². The van der Waals surface area contributed by atoms with Crippen LogP contribution < -0.4 is 5.32 Å². The average Bonchev–Trinajstić information content (AvgIpc) is 3.10. The average molecular weight is 398 g/mol. The molecule has 1 aromatic heterocycles. The normalized spacial score (nSPS) is 22.7. The van der Waals surface area contributed by atoms with Crippen molar-refractivity contribution in [1.82, 2.24) is 14.8 Å². The van der Waals surface area contributed by atoms with Crippen LogP contribution in [-0.4, -0.2) is 53.1 Å². The second-order valence-corrected chi connectivity index (χ2v) is 8.56. The van der Waals surface area contributed by atoms with E-state index in [0.29, 0.717) is 31.8 Å². The predicted molar refractivity (Wildman–Crippen MR) is 113 cm³/mol. The van der Waals surface area contributed by atoms with Crippen molar-refractivity contribution >= 4 is 22.7 Å². The molecular formula is C23H31N3O3. The Morgan fingerprint density at radius 2 is 2.00 bits per heavy atom. The van der Waals surface area contributed by atoms with E-state index >= 15 is 0 Å². The molecular weight excluding hydrogens is 366 g/mol. The van der Waals surface area contributed by atoms with E-state index in [0.717, 1.165) is 36.6 Å². The van der Waals surface area contributed by atoms with Gasteiger partial charge in [-0.25, -0.2) is 0 Å². The molecule has 156 valence electrons. The van der Waals surface area contributed by atoms with E-state index in [1.807, 2.05) is 41.8 Å². The molecule has 0 spiro atoms. The molecule has 4 rings (SSSR count). The number of aromatic nitrogens is 1. The fourth-order valence-corrected chi connectivity index (χ4v) is 4.81. The maximum absolute atomic E-state index is 13.5. The summed E-state index contributed by atoms with van der Waals surface area (Å²) < 4.78 is 7.21. The first kappa shape index (κ1) is 20.0. The van der Waals surface area contributed by atoms with Crippen molar-refractivity contribution in [3.63, 3.8) is 0 Å². The molecule has 1 aliphatic carbocycles. The third-order valence-corrected chi connectivity index (χ3v) is 6.50. The lowest BCUT2D eigenvalue weighted by molar-refractivity contribution is -0.133. The summed E-state index contributed by atoms with van der Waals surface area (Å²) in [5, 5.41) is 4.30. The van der Waals surface area contributed by atoms with Crippen molar-refractivity contribution in [1.29, 1.82) is 0 Å². The van der Waals surface area contributed by atoms with Gasteiger partial charge in [0, 0.05) is 37.2 Å². The van der Waals surface area contributed by atoms with Gasteiger partial charge in [0.2, 0.25) is 5.91 Å². The van der Waals surface area contributed by atoms with Gasteiger partial charge in [-0.1, -0.05) is 37.5 Å². The minimum absolute atomic E-state index is 0.0430. The van der Waals surface area contributed by atoms with Gasteiger partial charge in [-0.05, 0) is 38.3 Å². The fraction of sp³-hybridized carbons (Fsp3) is 0.565. The van der Waals surface area contributed by atoms with Crippen molar-refractivity contribution < 1.29 is 14.3 Å². The summed E-state index contributed by atoms with van der Waals surface area (Å²) in [7, 11) is 1.66. The first-order valence-corrected chi connectivity index (χ1v) is 10.7. The quantitative estimate of drug-likeness (QED) is 0.761. The third-order valence-electron chi connectivity index (χ3n) is 6.50. The van der Waals surface area contributed by atoms with Crippen molar-refractivity contribution in [2.45, 2.75) is 63.6 Å².